The van der Waals surface area contributed by atoms with E-state index in [1.165, 1.54) is 17.3 Å². The summed E-state index contributed by atoms with van der Waals surface area (Å²) in [6.45, 7) is 3.91. The Bertz CT molecular complexity index is 978. The van der Waals surface area contributed by atoms with Gasteiger partial charge in [0.15, 0.2) is 5.11 Å². The maximum Gasteiger partial charge on any atom is 0.238 e. The number of rotatable bonds is 6. The molecule has 3 rings (SSSR count). The highest BCUT2D eigenvalue weighted by Crippen LogP contribution is 2.26. The lowest BCUT2D eigenvalue weighted by atomic mass is 10.2. The minimum atomic E-state index is -0.273. The van der Waals surface area contributed by atoms with Crippen LogP contribution in [0.25, 0.3) is 0 Å². The van der Waals surface area contributed by atoms with Crippen molar-refractivity contribution >= 4 is 52.2 Å². The van der Waals surface area contributed by atoms with E-state index in [9.17, 15) is 4.79 Å². The fourth-order valence-electron chi connectivity index (χ4n) is 2.50. The van der Waals surface area contributed by atoms with Gasteiger partial charge in [-0.3, -0.25) is 4.79 Å². The van der Waals surface area contributed by atoms with Crippen LogP contribution in [0, 0.1) is 6.92 Å². The molecule has 3 aromatic rings. The molecule has 1 unspecified atom stereocenters. The van der Waals surface area contributed by atoms with E-state index >= 15 is 0 Å². The number of amides is 1. The van der Waals surface area contributed by atoms with Gasteiger partial charge in [0.1, 0.15) is 5.82 Å². The zero-order valence-electron chi connectivity index (χ0n) is 16.2. The van der Waals surface area contributed by atoms with E-state index in [-0.39, 0.29) is 11.2 Å². The second-order valence-corrected chi connectivity index (χ2v) is 8.26. The lowest BCUT2D eigenvalue weighted by Gasteiger charge is -2.14. The monoisotopic (exact) mass is 422 g/mol. The number of hydrogen-bond donors (Lipinski definition) is 3. The van der Waals surface area contributed by atoms with Gasteiger partial charge in [-0.25, -0.2) is 4.98 Å². The van der Waals surface area contributed by atoms with Crippen molar-refractivity contribution in [2.45, 2.75) is 24.0 Å². The Morgan fingerprint density at radius 3 is 2.45 bits per heavy atom. The van der Waals surface area contributed by atoms with Crippen LogP contribution < -0.4 is 16.0 Å². The molecular weight excluding hydrogens is 400 g/mol. The zero-order chi connectivity index (χ0) is 20.6. The summed E-state index contributed by atoms with van der Waals surface area (Å²) in [6.07, 6.45) is 1.65. The summed E-state index contributed by atoms with van der Waals surface area (Å²) in [5.74, 6) is 0.455. The smallest absolute Gasteiger partial charge is 0.238 e. The highest BCUT2D eigenvalue weighted by molar-refractivity contribution is 8.00. The summed E-state index contributed by atoms with van der Waals surface area (Å²) in [7, 11) is 0. The Balaban J connectivity index is 1.56. The van der Waals surface area contributed by atoms with Gasteiger partial charge in [0.25, 0.3) is 0 Å². The molecule has 1 heterocycles. The van der Waals surface area contributed by atoms with Crippen LogP contribution in [0.3, 0.4) is 0 Å². The van der Waals surface area contributed by atoms with Crippen LogP contribution in [0.5, 0.6) is 0 Å². The number of carbonyl (C=O) groups is 1. The van der Waals surface area contributed by atoms with Crippen LogP contribution in [-0.4, -0.2) is 21.3 Å². The lowest BCUT2D eigenvalue weighted by molar-refractivity contribution is -0.115. The van der Waals surface area contributed by atoms with E-state index in [1.54, 1.807) is 12.3 Å². The maximum absolute atomic E-state index is 12.4. The van der Waals surface area contributed by atoms with Crippen molar-refractivity contribution in [3.63, 3.8) is 0 Å². The van der Waals surface area contributed by atoms with Crippen LogP contribution in [0.1, 0.15) is 12.5 Å². The van der Waals surface area contributed by atoms with E-state index in [0.29, 0.717) is 10.9 Å². The third kappa shape index (κ3) is 6.58. The van der Waals surface area contributed by atoms with Crippen LogP contribution >= 0.6 is 24.0 Å². The number of nitrogens with one attached hydrogen (secondary N) is 3. The Morgan fingerprint density at radius 2 is 1.72 bits per heavy atom. The van der Waals surface area contributed by atoms with Crippen LogP contribution in [-0.2, 0) is 4.79 Å². The van der Waals surface area contributed by atoms with Crippen molar-refractivity contribution in [2.75, 3.05) is 16.0 Å². The average molecular weight is 423 g/mol. The molecule has 0 fully saturated rings. The Hall–Kier alpha value is -2.90. The minimum absolute atomic E-state index is 0.0939. The third-order valence-electron chi connectivity index (χ3n) is 4.00. The van der Waals surface area contributed by atoms with Crippen molar-refractivity contribution < 1.29 is 4.79 Å². The number of benzene rings is 2. The van der Waals surface area contributed by atoms with Gasteiger partial charge in [0, 0.05) is 22.5 Å². The molecule has 5 nitrogen and oxygen atoms in total. The molecule has 0 aliphatic carbocycles. The first kappa shape index (κ1) is 20.8. The fourth-order valence-corrected chi connectivity index (χ4v) is 3.66. The van der Waals surface area contributed by atoms with E-state index in [4.69, 9.17) is 12.2 Å². The first-order valence-corrected chi connectivity index (χ1v) is 10.4. The van der Waals surface area contributed by atoms with Gasteiger partial charge < -0.3 is 16.0 Å². The molecule has 0 aliphatic rings. The van der Waals surface area contributed by atoms with Gasteiger partial charge in [-0.15, -0.1) is 11.8 Å². The number of anilines is 3. The molecule has 2 aromatic carbocycles. The van der Waals surface area contributed by atoms with Crippen molar-refractivity contribution in [1.29, 1.82) is 0 Å². The number of hydrogen-bond acceptors (Lipinski definition) is 4. The zero-order valence-corrected chi connectivity index (χ0v) is 17.8. The van der Waals surface area contributed by atoms with E-state index < -0.39 is 0 Å². The number of thioether (sulfide) groups is 1. The molecule has 3 N–H and O–H groups in total. The predicted octanol–water partition coefficient (Wildman–Crippen LogP) is 5.32. The van der Waals surface area contributed by atoms with Gasteiger partial charge >= 0.3 is 0 Å². The molecule has 1 atom stereocenters. The second-order valence-electron chi connectivity index (χ2n) is 6.44. The number of carbonyl (C=O) groups excluding carboxylic acids is 1. The fraction of sp³-hybridized carbons (Fsp3) is 0.136. The first-order valence-electron chi connectivity index (χ1n) is 9.13. The minimum Gasteiger partial charge on any atom is -0.332 e. The standard InChI is InChI=1S/C22H22N4OS2/c1-15-9-11-17(12-10-15)24-22(28)25-18-6-5-7-19(14-18)29-16(2)21(27)26-20-8-3-4-13-23-20/h3-14,16H,1-2H3,(H,23,26,27)(H2,24,25,28). The Kier molecular flexibility index (Phi) is 7.21. The molecule has 0 saturated heterocycles. The summed E-state index contributed by atoms with van der Waals surface area (Å²) in [6, 6.07) is 21.2. The largest absolute Gasteiger partial charge is 0.332 e. The maximum atomic E-state index is 12.4. The van der Waals surface area contributed by atoms with E-state index in [2.05, 4.69) is 20.9 Å². The molecular formula is C22H22N4OS2. The number of thiocarbonyl (C=S) groups is 1. The highest BCUT2D eigenvalue weighted by Gasteiger charge is 2.15. The normalized spacial score (nSPS) is 11.4. The van der Waals surface area contributed by atoms with Crippen molar-refractivity contribution in [3.8, 4) is 0 Å². The Labute approximate surface area is 180 Å². The number of aromatic nitrogens is 1. The summed E-state index contributed by atoms with van der Waals surface area (Å²) < 4.78 is 0. The van der Waals surface area contributed by atoms with E-state index in [0.717, 1.165) is 16.3 Å². The molecule has 1 aromatic heterocycles. The van der Waals surface area contributed by atoms with E-state index in [1.807, 2.05) is 74.5 Å². The predicted molar refractivity (Wildman–Crippen MR) is 126 cm³/mol. The Morgan fingerprint density at radius 1 is 0.966 bits per heavy atom. The summed E-state index contributed by atoms with van der Waals surface area (Å²) >= 11 is 6.87. The quantitative estimate of drug-likeness (QED) is 0.369. The molecule has 0 spiro atoms. The molecule has 1 amide bonds. The summed E-state index contributed by atoms with van der Waals surface area (Å²) in [5.41, 5.74) is 2.98. The molecule has 0 aliphatic heterocycles. The lowest BCUT2D eigenvalue weighted by Crippen LogP contribution is -2.22. The summed E-state index contributed by atoms with van der Waals surface area (Å²) in [5, 5.41) is 9.41. The van der Waals surface area contributed by atoms with Crippen LogP contribution in [0.15, 0.2) is 77.8 Å². The SMILES string of the molecule is Cc1ccc(NC(=S)Nc2cccc(SC(C)C(=O)Nc3ccccn3)c2)cc1. The molecule has 148 valence electrons. The van der Waals surface area contributed by atoms with Gasteiger partial charge in [-0.2, -0.15) is 0 Å². The molecule has 0 radical (unpaired) electrons. The van der Waals surface area contributed by atoms with Crippen LogP contribution in [0.2, 0.25) is 0 Å². The number of aryl methyl sites for hydroxylation is 1. The van der Waals surface area contributed by atoms with Crippen molar-refractivity contribution in [1.82, 2.24) is 4.98 Å². The van der Waals surface area contributed by atoms with Gasteiger partial charge in [0.2, 0.25) is 5.91 Å². The number of nitrogens with zero attached hydrogens (tertiary/aromatic N) is 1. The number of pyridine rings is 1. The molecule has 0 bridgehead atoms. The first-order chi connectivity index (χ1) is 14.0. The second kappa shape index (κ2) is 10.0. The third-order valence-corrected chi connectivity index (χ3v) is 5.30. The summed E-state index contributed by atoms with van der Waals surface area (Å²) in [4.78, 5) is 17.5. The van der Waals surface area contributed by atoms with Gasteiger partial charge in [-0.05, 0) is 68.5 Å². The highest BCUT2D eigenvalue weighted by atomic mass is 32.2. The molecule has 29 heavy (non-hydrogen) atoms. The average Bonchev–Trinajstić information content (AvgIpc) is 2.70. The van der Waals surface area contributed by atoms with Gasteiger partial charge in [0.05, 0.1) is 5.25 Å². The van der Waals surface area contributed by atoms with Gasteiger partial charge in [-0.1, -0.05) is 29.8 Å². The molecule has 0 saturated carbocycles. The topological polar surface area (TPSA) is 66.0 Å². The van der Waals surface area contributed by atoms with Crippen molar-refractivity contribution in [2.24, 2.45) is 0 Å². The van der Waals surface area contributed by atoms with Crippen LogP contribution in [0.4, 0.5) is 17.2 Å². The van der Waals surface area contributed by atoms with Crippen molar-refractivity contribution in [3.05, 3.63) is 78.5 Å². The molecule has 7 heteroatoms.